The number of thioether (sulfide) groups is 1. The van der Waals surface area contributed by atoms with Gasteiger partial charge < -0.3 is 5.32 Å². The maximum absolute atomic E-state index is 12.5. The third-order valence-corrected chi connectivity index (χ3v) is 5.30. The molecule has 0 fully saturated rings. The van der Waals surface area contributed by atoms with Crippen molar-refractivity contribution in [3.05, 3.63) is 65.5 Å². The van der Waals surface area contributed by atoms with Crippen molar-refractivity contribution >= 4 is 23.4 Å². The molecular formula is C21H24N4OS. The van der Waals surface area contributed by atoms with E-state index < -0.39 is 0 Å². The maximum Gasteiger partial charge on any atom is 0.234 e. The van der Waals surface area contributed by atoms with Crippen molar-refractivity contribution < 1.29 is 4.79 Å². The van der Waals surface area contributed by atoms with Crippen molar-refractivity contribution in [3.63, 3.8) is 0 Å². The van der Waals surface area contributed by atoms with Crippen LogP contribution in [0.4, 0.5) is 5.69 Å². The van der Waals surface area contributed by atoms with E-state index in [0.717, 1.165) is 22.5 Å². The second-order valence-corrected chi connectivity index (χ2v) is 7.79. The molecule has 0 saturated heterocycles. The van der Waals surface area contributed by atoms with E-state index in [2.05, 4.69) is 35.4 Å². The van der Waals surface area contributed by atoms with Gasteiger partial charge in [-0.1, -0.05) is 61.5 Å². The monoisotopic (exact) mass is 380 g/mol. The lowest BCUT2D eigenvalue weighted by molar-refractivity contribution is -0.113. The van der Waals surface area contributed by atoms with Crippen LogP contribution in [0.15, 0.2) is 53.9 Å². The van der Waals surface area contributed by atoms with Gasteiger partial charge in [0.15, 0.2) is 5.16 Å². The minimum Gasteiger partial charge on any atom is -0.325 e. The minimum absolute atomic E-state index is 0.0466. The Bertz CT molecular complexity index is 932. The number of aryl methyl sites for hydroxylation is 2. The topological polar surface area (TPSA) is 59.8 Å². The van der Waals surface area contributed by atoms with Crippen LogP contribution < -0.4 is 5.32 Å². The molecule has 0 atom stereocenters. The summed E-state index contributed by atoms with van der Waals surface area (Å²) >= 11 is 1.38. The van der Waals surface area contributed by atoms with E-state index in [4.69, 9.17) is 0 Å². The largest absolute Gasteiger partial charge is 0.325 e. The number of para-hydroxylation sites is 1. The fraction of sp³-hybridized carbons (Fsp3) is 0.286. The highest BCUT2D eigenvalue weighted by atomic mass is 32.2. The molecule has 1 heterocycles. The van der Waals surface area contributed by atoms with Crippen molar-refractivity contribution in [3.8, 4) is 5.69 Å². The molecule has 27 heavy (non-hydrogen) atoms. The summed E-state index contributed by atoms with van der Waals surface area (Å²) in [6, 6.07) is 14.2. The lowest BCUT2D eigenvalue weighted by Crippen LogP contribution is -2.17. The standard InChI is InChI=1S/C21H24N4OS/c1-14(2)18-7-5-6-16(4)20(18)23-19(26)12-27-21-24-22-13-25(21)17-10-8-15(3)9-11-17/h5-11,13-14H,12H2,1-4H3,(H,23,26). The van der Waals surface area contributed by atoms with Gasteiger partial charge in [0.1, 0.15) is 6.33 Å². The summed E-state index contributed by atoms with van der Waals surface area (Å²) in [5, 5.41) is 11.9. The Kier molecular flexibility index (Phi) is 5.96. The zero-order valence-corrected chi connectivity index (χ0v) is 16.9. The lowest BCUT2D eigenvalue weighted by atomic mass is 9.98. The van der Waals surface area contributed by atoms with Gasteiger partial charge in [0.25, 0.3) is 0 Å². The first-order chi connectivity index (χ1) is 13.0. The van der Waals surface area contributed by atoms with Crippen LogP contribution in [0.25, 0.3) is 5.69 Å². The summed E-state index contributed by atoms with van der Waals surface area (Å²) in [6.07, 6.45) is 1.67. The first-order valence-electron chi connectivity index (χ1n) is 8.95. The van der Waals surface area contributed by atoms with Crippen molar-refractivity contribution in [1.82, 2.24) is 14.8 Å². The normalized spacial score (nSPS) is 11.0. The van der Waals surface area contributed by atoms with Gasteiger partial charge in [0.2, 0.25) is 5.91 Å². The molecule has 0 aliphatic carbocycles. The molecule has 3 rings (SSSR count). The van der Waals surface area contributed by atoms with Gasteiger partial charge in [0.05, 0.1) is 5.75 Å². The molecule has 0 aliphatic heterocycles. The van der Waals surface area contributed by atoms with Gasteiger partial charge in [0, 0.05) is 11.4 Å². The molecule has 1 amide bonds. The van der Waals surface area contributed by atoms with Gasteiger partial charge in [-0.15, -0.1) is 10.2 Å². The number of aromatic nitrogens is 3. The fourth-order valence-corrected chi connectivity index (χ4v) is 3.58. The number of anilines is 1. The lowest BCUT2D eigenvalue weighted by Gasteiger charge is -2.16. The summed E-state index contributed by atoms with van der Waals surface area (Å²) in [7, 11) is 0. The average Bonchev–Trinajstić information content (AvgIpc) is 3.10. The van der Waals surface area contributed by atoms with Gasteiger partial charge in [-0.2, -0.15) is 0 Å². The molecule has 0 radical (unpaired) electrons. The Morgan fingerprint density at radius 3 is 2.59 bits per heavy atom. The number of hydrogen-bond donors (Lipinski definition) is 1. The third-order valence-electron chi connectivity index (χ3n) is 4.35. The Morgan fingerprint density at radius 1 is 1.15 bits per heavy atom. The van der Waals surface area contributed by atoms with E-state index in [-0.39, 0.29) is 11.7 Å². The Labute approximate surface area is 164 Å². The van der Waals surface area contributed by atoms with Crippen LogP contribution >= 0.6 is 11.8 Å². The maximum atomic E-state index is 12.5. The van der Waals surface area contributed by atoms with Crippen LogP contribution in [0.5, 0.6) is 0 Å². The van der Waals surface area contributed by atoms with Crippen LogP contribution in [0, 0.1) is 13.8 Å². The third kappa shape index (κ3) is 4.57. The molecule has 140 valence electrons. The van der Waals surface area contributed by atoms with Crippen LogP contribution in [-0.2, 0) is 4.79 Å². The summed E-state index contributed by atoms with van der Waals surface area (Å²) in [5.74, 6) is 0.573. The minimum atomic E-state index is -0.0466. The highest BCUT2D eigenvalue weighted by Gasteiger charge is 2.14. The molecule has 0 bridgehead atoms. The number of hydrogen-bond acceptors (Lipinski definition) is 4. The number of amides is 1. The highest BCUT2D eigenvalue weighted by Crippen LogP contribution is 2.28. The quantitative estimate of drug-likeness (QED) is 0.628. The fourth-order valence-electron chi connectivity index (χ4n) is 2.85. The molecule has 5 nitrogen and oxygen atoms in total. The van der Waals surface area contributed by atoms with E-state index >= 15 is 0 Å². The van der Waals surface area contributed by atoms with E-state index in [1.54, 1.807) is 6.33 Å². The van der Waals surface area contributed by atoms with E-state index in [9.17, 15) is 4.79 Å². The Morgan fingerprint density at radius 2 is 1.89 bits per heavy atom. The van der Waals surface area contributed by atoms with Gasteiger partial charge >= 0.3 is 0 Å². The summed E-state index contributed by atoms with van der Waals surface area (Å²) in [4.78, 5) is 12.5. The second-order valence-electron chi connectivity index (χ2n) is 6.85. The number of nitrogens with one attached hydrogen (secondary N) is 1. The van der Waals surface area contributed by atoms with E-state index in [1.165, 1.54) is 17.3 Å². The molecule has 3 aromatic rings. The number of carbonyl (C=O) groups is 1. The summed E-state index contributed by atoms with van der Waals surface area (Å²) in [5.41, 5.74) is 5.31. The van der Waals surface area contributed by atoms with Gasteiger partial charge in [-0.25, -0.2) is 0 Å². The SMILES string of the molecule is Cc1ccc(-n2cnnc2SCC(=O)Nc2c(C)cccc2C(C)C)cc1. The predicted octanol–water partition coefficient (Wildman–Crippen LogP) is 4.74. The average molecular weight is 381 g/mol. The molecule has 2 aromatic carbocycles. The zero-order chi connectivity index (χ0) is 19.4. The zero-order valence-electron chi connectivity index (χ0n) is 16.1. The van der Waals surface area contributed by atoms with Crippen LogP contribution in [0.3, 0.4) is 0 Å². The molecule has 6 heteroatoms. The molecule has 0 spiro atoms. The number of benzene rings is 2. The second kappa shape index (κ2) is 8.39. The predicted molar refractivity (Wildman–Crippen MR) is 111 cm³/mol. The molecule has 1 N–H and O–H groups in total. The highest BCUT2D eigenvalue weighted by molar-refractivity contribution is 7.99. The summed E-state index contributed by atoms with van der Waals surface area (Å²) in [6.45, 7) is 8.32. The number of rotatable bonds is 6. The van der Waals surface area contributed by atoms with Crippen LogP contribution in [0.2, 0.25) is 0 Å². The molecule has 0 aliphatic rings. The van der Waals surface area contributed by atoms with Crippen molar-refractivity contribution in [2.24, 2.45) is 0 Å². The number of carbonyl (C=O) groups excluding carboxylic acids is 1. The molecule has 0 saturated carbocycles. The molecule has 1 aromatic heterocycles. The van der Waals surface area contributed by atoms with Gasteiger partial charge in [-0.05, 0) is 43.0 Å². The van der Waals surface area contributed by atoms with Crippen molar-refractivity contribution in [1.29, 1.82) is 0 Å². The first kappa shape index (κ1) is 19.2. The molecule has 0 unspecified atom stereocenters. The molecular weight excluding hydrogens is 356 g/mol. The smallest absolute Gasteiger partial charge is 0.234 e. The van der Waals surface area contributed by atoms with Crippen LogP contribution in [0.1, 0.15) is 36.5 Å². The van der Waals surface area contributed by atoms with E-state index in [0.29, 0.717) is 11.1 Å². The number of nitrogens with zero attached hydrogens (tertiary/aromatic N) is 3. The van der Waals surface area contributed by atoms with Gasteiger partial charge in [-0.3, -0.25) is 9.36 Å². The Hall–Kier alpha value is -2.60. The summed E-state index contributed by atoms with van der Waals surface area (Å²) < 4.78 is 1.89. The van der Waals surface area contributed by atoms with Crippen molar-refractivity contribution in [2.75, 3.05) is 11.1 Å². The van der Waals surface area contributed by atoms with Crippen LogP contribution in [-0.4, -0.2) is 26.4 Å². The Balaban J connectivity index is 1.70. The van der Waals surface area contributed by atoms with Crippen molar-refractivity contribution in [2.45, 2.75) is 38.8 Å². The first-order valence-corrected chi connectivity index (χ1v) is 9.93. The van der Waals surface area contributed by atoms with E-state index in [1.807, 2.05) is 54.8 Å².